The second kappa shape index (κ2) is 13.4. The molecule has 110 valence electrons. The number of hydrogen-bond donors (Lipinski definition) is 2. The summed E-state index contributed by atoms with van der Waals surface area (Å²) in [6.07, 6.45) is 12.3. The van der Waals surface area contributed by atoms with Gasteiger partial charge in [-0.15, -0.1) is 0 Å². The molecule has 0 aliphatic heterocycles. The van der Waals surface area contributed by atoms with Crippen LogP contribution in [-0.2, 0) is 0 Å². The Hall–Kier alpha value is -0.0800. The molecule has 0 radical (unpaired) electrons. The molecule has 0 saturated carbocycles. The van der Waals surface area contributed by atoms with Gasteiger partial charge in [-0.3, -0.25) is 0 Å². The zero-order valence-electron chi connectivity index (χ0n) is 12.9. The highest BCUT2D eigenvalue weighted by molar-refractivity contribution is 4.70. The standard InChI is InChI=1S/C16H35NO/c1-4-7-9-12-15(13-10-8-5-2)17-14-16(18)11-6-3/h15-18H,4-14H2,1-3H3. The predicted molar refractivity (Wildman–Crippen MR) is 81.0 cm³/mol. The van der Waals surface area contributed by atoms with Crippen LogP contribution in [-0.4, -0.2) is 23.8 Å². The number of aliphatic hydroxyl groups is 1. The van der Waals surface area contributed by atoms with Crippen LogP contribution in [0, 0.1) is 0 Å². The van der Waals surface area contributed by atoms with Gasteiger partial charge in [0.25, 0.3) is 0 Å². The summed E-state index contributed by atoms with van der Waals surface area (Å²) in [6.45, 7) is 7.41. The Kier molecular flexibility index (Phi) is 13.3. The first kappa shape index (κ1) is 17.9. The van der Waals surface area contributed by atoms with Gasteiger partial charge < -0.3 is 10.4 Å². The smallest absolute Gasteiger partial charge is 0.0664 e. The Morgan fingerprint density at radius 3 is 1.78 bits per heavy atom. The summed E-state index contributed by atoms with van der Waals surface area (Å²) in [5, 5.41) is 13.4. The van der Waals surface area contributed by atoms with E-state index in [1.54, 1.807) is 0 Å². The van der Waals surface area contributed by atoms with Crippen LogP contribution < -0.4 is 5.32 Å². The van der Waals surface area contributed by atoms with Gasteiger partial charge in [0.15, 0.2) is 0 Å². The number of nitrogens with one attached hydrogen (secondary N) is 1. The van der Waals surface area contributed by atoms with Crippen LogP contribution in [0.15, 0.2) is 0 Å². The van der Waals surface area contributed by atoms with E-state index in [0.717, 1.165) is 19.4 Å². The van der Waals surface area contributed by atoms with Crippen LogP contribution in [0.2, 0.25) is 0 Å². The van der Waals surface area contributed by atoms with Gasteiger partial charge in [-0.25, -0.2) is 0 Å². The summed E-state index contributed by atoms with van der Waals surface area (Å²) in [6, 6.07) is 0.620. The number of rotatable bonds is 13. The van der Waals surface area contributed by atoms with Gasteiger partial charge in [-0.05, 0) is 19.3 Å². The molecule has 0 aliphatic rings. The fourth-order valence-corrected chi connectivity index (χ4v) is 2.37. The quantitative estimate of drug-likeness (QED) is 0.483. The van der Waals surface area contributed by atoms with E-state index in [-0.39, 0.29) is 6.10 Å². The molecule has 0 spiro atoms. The van der Waals surface area contributed by atoms with Crippen molar-refractivity contribution in [1.82, 2.24) is 5.32 Å². The number of unbranched alkanes of at least 4 members (excludes halogenated alkanes) is 4. The summed E-state index contributed by atoms with van der Waals surface area (Å²) in [4.78, 5) is 0. The lowest BCUT2D eigenvalue weighted by atomic mass is 10.0. The fraction of sp³-hybridized carbons (Fsp3) is 1.00. The molecule has 0 bridgehead atoms. The third-order valence-electron chi connectivity index (χ3n) is 3.58. The minimum Gasteiger partial charge on any atom is -0.392 e. The van der Waals surface area contributed by atoms with Gasteiger partial charge in [0.1, 0.15) is 0 Å². The maximum Gasteiger partial charge on any atom is 0.0664 e. The molecule has 0 heterocycles. The molecule has 2 heteroatoms. The first-order valence-electron chi connectivity index (χ1n) is 8.15. The van der Waals surface area contributed by atoms with Crippen molar-refractivity contribution in [3.63, 3.8) is 0 Å². The van der Waals surface area contributed by atoms with Crippen molar-refractivity contribution in [2.24, 2.45) is 0 Å². The largest absolute Gasteiger partial charge is 0.392 e. The van der Waals surface area contributed by atoms with Crippen molar-refractivity contribution in [1.29, 1.82) is 0 Å². The lowest BCUT2D eigenvalue weighted by Crippen LogP contribution is -2.35. The van der Waals surface area contributed by atoms with E-state index in [1.807, 2.05) is 0 Å². The Bertz CT molecular complexity index is 151. The van der Waals surface area contributed by atoms with E-state index < -0.39 is 0 Å². The molecule has 0 aromatic rings. The highest BCUT2D eigenvalue weighted by Gasteiger charge is 2.10. The van der Waals surface area contributed by atoms with Crippen molar-refractivity contribution in [2.45, 2.75) is 97.1 Å². The van der Waals surface area contributed by atoms with E-state index in [4.69, 9.17) is 0 Å². The topological polar surface area (TPSA) is 32.3 Å². The van der Waals surface area contributed by atoms with E-state index in [1.165, 1.54) is 51.4 Å². The summed E-state index contributed by atoms with van der Waals surface area (Å²) in [5.74, 6) is 0. The molecular formula is C16H35NO. The Balaban J connectivity index is 3.79. The van der Waals surface area contributed by atoms with Gasteiger partial charge >= 0.3 is 0 Å². The zero-order valence-corrected chi connectivity index (χ0v) is 12.9. The Morgan fingerprint density at radius 2 is 1.33 bits per heavy atom. The maximum absolute atomic E-state index is 9.78. The van der Waals surface area contributed by atoms with Gasteiger partial charge in [-0.2, -0.15) is 0 Å². The highest BCUT2D eigenvalue weighted by Crippen LogP contribution is 2.11. The molecule has 1 unspecified atom stereocenters. The average Bonchev–Trinajstić information content (AvgIpc) is 2.36. The lowest BCUT2D eigenvalue weighted by Gasteiger charge is -2.20. The lowest BCUT2D eigenvalue weighted by molar-refractivity contribution is 0.154. The van der Waals surface area contributed by atoms with Crippen LogP contribution in [0.5, 0.6) is 0 Å². The van der Waals surface area contributed by atoms with Gasteiger partial charge in [0.2, 0.25) is 0 Å². The van der Waals surface area contributed by atoms with Crippen LogP contribution in [0.1, 0.15) is 85.0 Å². The van der Waals surface area contributed by atoms with Crippen molar-refractivity contribution in [3.05, 3.63) is 0 Å². The summed E-state index contributed by atoms with van der Waals surface area (Å²) >= 11 is 0. The molecule has 0 fully saturated rings. The molecular weight excluding hydrogens is 222 g/mol. The van der Waals surface area contributed by atoms with Crippen LogP contribution in [0.25, 0.3) is 0 Å². The molecule has 2 nitrogen and oxygen atoms in total. The maximum atomic E-state index is 9.78. The van der Waals surface area contributed by atoms with Crippen molar-refractivity contribution < 1.29 is 5.11 Å². The van der Waals surface area contributed by atoms with E-state index in [9.17, 15) is 5.11 Å². The van der Waals surface area contributed by atoms with Crippen molar-refractivity contribution in [2.75, 3.05) is 6.54 Å². The zero-order chi connectivity index (χ0) is 13.6. The van der Waals surface area contributed by atoms with E-state index in [2.05, 4.69) is 26.1 Å². The molecule has 0 rings (SSSR count). The Labute approximate surface area is 115 Å². The normalized spacial score (nSPS) is 13.2. The Morgan fingerprint density at radius 1 is 0.778 bits per heavy atom. The predicted octanol–water partition coefficient (Wildman–Crippen LogP) is 4.27. The van der Waals surface area contributed by atoms with Crippen LogP contribution in [0.3, 0.4) is 0 Å². The molecule has 0 saturated heterocycles. The number of aliphatic hydroxyl groups excluding tert-OH is 1. The SMILES string of the molecule is CCCCCC(CCCCC)NCC(O)CCC. The second-order valence-corrected chi connectivity index (χ2v) is 5.54. The van der Waals surface area contributed by atoms with Gasteiger partial charge in [0.05, 0.1) is 6.10 Å². The highest BCUT2D eigenvalue weighted by atomic mass is 16.3. The summed E-state index contributed by atoms with van der Waals surface area (Å²) < 4.78 is 0. The monoisotopic (exact) mass is 257 g/mol. The third kappa shape index (κ3) is 11.0. The molecule has 0 aromatic carbocycles. The fourth-order valence-electron chi connectivity index (χ4n) is 2.37. The van der Waals surface area contributed by atoms with Crippen molar-refractivity contribution >= 4 is 0 Å². The second-order valence-electron chi connectivity index (χ2n) is 5.54. The third-order valence-corrected chi connectivity index (χ3v) is 3.58. The van der Waals surface area contributed by atoms with Crippen LogP contribution in [0.4, 0.5) is 0 Å². The van der Waals surface area contributed by atoms with E-state index >= 15 is 0 Å². The molecule has 0 aromatic heterocycles. The molecule has 18 heavy (non-hydrogen) atoms. The minimum atomic E-state index is -0.158. The van der Waals surface area contributed by atoms with Gasteiger partial charge in [0, 0.05) is 12.6 Å². The average molecular weight is 257 g/mol. The first-order chi connectivity index (χ1) is 8.74. The summed E-state index contributed by atoms with van der Waals surface area (Å²) in [5.41, 5.74) is 0. The first-order valence-corrected chi connectivity index (χ1v) is 8.15. The van der Waals surface area contributed by atoms with Crippen LogP contribution >= 0.6 is 0 Å². The molecule has 0 amide bonds. The summed E-state index contributed by atoms with van der Waals surface area (Å²) in [7, 11) is 0. The molecule has 0 aliphatic carbocycles. The molecule has 1 atom stereocenters. The number of hydrogen-bond acceptors (Lipinski definition) is 2. The van der Waals surface area contributed by atoms with E-state index in [0.29, 0.717) is 6.04 Å². The molecule has 2 N–H and O–H groups in total. The van der Waals surface area contributed by atoms with Crippen molar-refractivity contribution in [3.8, 4) is 0 Å². The van der Waals surface area contributed by atoms with Gasteiger partial charge in [-0.1, -0.05) is 65.7 Å². The minimum absolute atomic E-state index is 0.158.